The van der Waals surface area contributed by atoms with Crippen LogP contribution in [-0.2, 0) is 6.54 Å². The van der Waals surface area contributed by atoms with Crippen LogP contribution in [0.4, 0.5) is 0 Å². The first-order chi connectivity index (χ1) is 9.83. The normalized spacial score (nSPS) is 27.8. The highest BCUT2D eigenvalue weighted by molar-refractivity contribution is 5.85. The molecule has 0 amide bonds. The monoisotopic (exact) mass is 310 g/mol. The molecular weight excluding hydrogens is 288 g/mol. The fraction of sp³-hybridized carbons (Fsp3) is 0.625. The van der Waals surface area contributed by atoms with E-state index in [1.807, 2.05) is 6.07 Å². The molecule has 4 nitrogen and oxygen atoms in total. The molecular formula is C16H23ClN2O2. The molecule has 0 bridgehead atoms. The highest BCUT2D eigenvalue weighted by atomic mass is 35.5. The number of rotatable bonds is 2. The molecule has 1 unspecified atom stereocenters. The van der Waals surface area contributed by atoms with Crippen molar-refractivity contribution in [2.24, 2.45) is 5.41 Å². The van der Waals surface area contributed by atoms with Gasteiger partial charge < -0.3 is 14.8 Å². The van der Waals surface area contributed by atoms with Crippen molar-refractivity contribution < 1.29 is 9.47 Å². The Balaban J connectivity index is 0.00000132. The molecule has 1 aromatic carbocycles. The van der Waals surface area contributed by atoms with E-state index in [0.717, 1.165) is 18.0 Å². The van der Waals surface area contributed by atoms with Crippen molar-refractivity contribution >= 4 is 12.4 Å². The van der Waals surface area contributed by atoms with Crippen LogP contribution in [0.2, 0.25) is 0 Å². The number of likely N-dealkylation sites (tertiary alicyclic amines) is 1. The lowest BCUT2D eigenvalue weighted by atomic mass is 9.86. The Morgan fingerprint density at radius 3 is 2.81 bits per heavy atom. The molecule has 0 radical (unpaired) electrons. The lowest BCUT2D eigenvalue weighted by Crippen LogP contribution is -2.29. The van der Waals surface area contributed by atoms with Gasteiger partial charge in [0.05, 0.1) is 0 Å². The van der Waals surface area contributed by atoms with E-state index in [4.69, 9.17) is 9.47 Å². The smallest absolute Gasteiger partial charge is 0.161 e. The molecule has 3 aliphatic heterocycles. The molecule has 0 aliphatic carbocycles. The maximum absolute atomic E-state index is 5.67. The molecule has 0 saturated carbocycles. The first kappa shape index (κ1) is 14.9. The fourth-order valence-electron chi connectivity index (χ4n) is 3.75. The van der Waals surface area contributed by atoms with Crippen molar-refractivity contribution in [1.29, 1.82) is 0 Å². The molecule has 1 N–H and O–H groups in total. The van der Waals surface area contributed by atoms with Crippen LogP contribution in [0.5, 0.6) is 11.5 Å². The zero-order valence-electron chi connectivity index (χ0n) is 12.3. The summed E-state index contributed by atoms with van der Waals surface area (Å²) in [6, 6.07) is 6.37. The largest absolute Gasteiger partial charge is 0.486 e. The number of ether oxygens (including phenoxy) is 2. The highest BCUT2D eigenvalue weighted by Crippen LogP contribution is 2.37. The van der Waals surface area contributed by atoms with Gasteiger partial charge in [-0.05, 0) is 49.0 Å². The quantitative estimate of drug-likeness (QED) is 0.907. The van der Waals surface area contributed by atoms with Gasteiger partial charge in [0.25, 0.3) is 0 Å². The van der Waals surface area contributed by atoms with Crippen molar-refractivity contribution in [2.45, 2.75) is 19.4 Å². The maximum atomic E-state index is 5.67. The van der Waals surface area contributed by atoms with E-state index < -0.39 is 0 Å². The lowest BCUT2D eigenvalue weighted by molar-refractivity contribution is 0.171. The molecule has 1 spiro atoms. The number of halogens is 1. The summed E-state index contributed by atoms with van der Waals surface area (Å²) >= 11 is 0. The SMILES string of the molecule is Cl.c1cc2c(cc1CN1CCC3(CCNC3)C1)OCCO2. The minimum atomic E-state index is 0. The summed E-state index contributed by atoms with van der Waals surface area (Å²) in [5.74, 6) is 1.79. The Morgan fingerprint density at radius 2 is 2.00 bits per heavy atom. The molecule has 2 fully saturated rings. The van der Waals surface area contributed by atoms with Crippen molar-refractivity contribution in [3.8, 4) is 11.5 Å². The standard InChI is InChI=1S/C16H22N2O2.ClH/c1-2-14-15(20-8-7-19-14)9-13(1)10-18-6-4-16(12-18)3-5-17-11-16;/h1-2,9,17H,3-8,10-12H2;1H. The molecule has 3 heterocycles. The number of fused-ring (bicyclic) bond motifs is 1. The van der Waals surface area contributed by atoms with Crippen LogP contribution in [-0.4, -0.2) is 44.3 Å². The van der Waals surface area contributed by atoms with E-state index in [-0.39, 0.29) is 12.4 Å². The number of hydrogen-bond acceptors (Lipinski definition) is 4. The van der Waals surface area contributed by atoms with Crippen LogP contribution < -0.4 is 14.8 Å². The first-order valence-electron chi connectivity index (χ1n) is 7.65. The minimum absolute atomic E-state index is 0. The minimum Gasteiger partial charge on any atom is -0.486 e. The second-order valence-corrected chi connectivity index (χ2v) is 6.37. The fourth-order valence-corrected chi connectivity index (χ4v) is 3.75. The van der Waals surface area contributed by atoms with Crippen LogP contribution >= 0.6 is 12.4 Å². The van der Waals surface area contributed by atoms with Crippen LogP contribution in [0.3, 0.4) is 0 Å². The third kappa shape index (κ3) is 2.98. The zero-order valence-corrected chi connectivity index (χ0v) is 13.1. The summed E-state index contributed by atoms with van der Waals surface area (Å²) in [5.41, 5.74) is 1.88. The summed E-state index contributed by atoms with van der Waals surface area (Å²) in [5, 5.41) is 3.52. The average molecular weight is 311 g/mol. The van der Waals surface area contributed by atoms with E-state index in [1.54, 1.807) is 0 Å². The van der Waals surface area contributed by atoms with Crippen LogP contribution in [0.25, 0.3) is 0 Å². The van der Waals surface area contributed by atoms with Crippen LogP contribution in [0.15, 0.2) is 18.2 Å². The van der Waals surface area contributed by atoms with Gasteiger partial charge in [0.1, 0.15) is 13.2 Å². The third-order valence-electron chi connectivity index (χ3n) is 4.86. The molecule has 4 rings (SSSR count). The van der Waals surface area contributed by atoms with Gasteiger partial charge in [0.2, 0.25) is 0 Å². The highest BCUT2D eigenvalue weighted by Gasteiger charge is 2.40. The summed E-state index contributed by atoms with van der Waals surface area (Å²) in [7, 11) is 0. The third-order valence-corrected chi connectivity index (χ3v) is 4.86. The van der Waals surface area contributed by atoms with Gasteiger partial charge in [-0.15, -0.1) is 12.4 Å². The number of nitrogens with one attached hydrogen (secondary N) is 1. The van der Waals surface area contributed by atoms with Gasteiger partial charge in [-0.3, -0.25) is 4.90 Å². The molecule has 3 aliphatic rings. The molecule has 116 valence electrons. The molecule has 1 atom stereocenters. The summed E-state index contributed by atoms with van der Waals surface area (Å²) in [4.78, 5) is 2.58. The summed E-state index contributed by atoms with van der Waals surface area (Å²) in [6.07, 6.45) is 2.68. The van der Waals surface area contributed by atoms with Crippen molar-refractivity contribution in [3.05, 3.63) is 23.8 Å². The average Bonchev–Trinajstić information content (AvgIpc) is 3.09. The number of hydrogen-bond donors (Lipinski definition) is 1. The number of benzene rings is 1. The van der Waals surface area contributed by atoms with E-state index in [2.05, 4.69) is 22.3 Å². The summed E-state index contributed by atoms with van der Waals surface area (Å²) < 4.78 is 11.2. The van der Waals surface area contributed by atoms with Gasteiger partial charge in [-0.1, -0.05) is 6.07 Å². The van der Waals surface area contributed by atoms with Gasteiger partial charge in [-0.25, -0.2) is 0 Å². The molecule has 2 saturated heterocycles. The van der Waals surface area contributed by atoms with Gasteiger partial charge in [0, 0.05) is 19.6 Å². The van der Waals surface area contributed by atoms with Crippen LogP contribution in [0, 0.1) is 5.41 Å². The Morgan fingerprint density at radius 1 is 1.14 bits per heavy atom. The lowest BCUT2D eigenvalue weighted by Gasteiger charge is -2.23. The van der Waals surface area contributed by atoms with Crippen molar-refractivity contribution in [3.63, 3.8) is 0 Å². The second-order valence-electron chi connectivity index (χ2n) is 6.37. The Hall–Kier alpha value is -0.970. The van der Waals surface area contributed by atoms with Gasteiger partial charge in [-0.2, -0.15) is 0 Å². The Bertz CT molecular complexity index is 503. The topological polar surface area (TPSA) is 33.7 Å². The molecule has 21 heavy (non-hydrogen) atoms. The maximum Gasteiger partial charge on any atom is 0.161 e. The Labute approximate surface area is 132 Å². The second kappa shape index (κ2) is 6.03. The van der Waals surface area contributed by atoms with E-state index >= 15 is 0 Å². The van der Waals surface area contributed by atoms with E-state index in [0.29, 0.717) is 18.6 Å². The van der Waals surface area contributed by atoms with Crippen molar-refractivity contribution in [2.75, 3.05) is 39.4 Å². The van der Waals surface area contributed by atoms with E-state index in [1.165, 1.54) is 44.6 Å². The predicted octanol–water partition coefficient (Wildman–Crippen LogP) is 2.06. The Kier molecular flexibility index (Phi) is 4.29. The predicted molar refractivity (Wildman–Crippen MR) is 84.5 cm³/mol. The van der Waals surface area contributed by atoms with Crippen molar-refractivity contribution in [1.82, 2.24) is 10.2 Å². The van der Waals surface area contributed by atoms with Gasteiger partial charge in [0.15, 0.2) is 11.5 Å². The van der Waals surface area contributed by atoms with Crippen LogP contribution in [0.1, 0.15) is 18.4 Å². The number of nitrogens with zero attached hydrogens (tertiary/aromatic N) is 1. The van der Waals surface area contributed by atoms with E-state index in [9.17, 15) is 0 Å². The first-order valence-corrected chi connectivity index (χ1v) is 7.65. The molecule has 1 aromatic rings. The zero-order chi connectivity index (χ0) is 13.4. The summed E-state index contributed by atoms with van der Waals surface area (Å²) in [6.45, 7) is 7.19. The molecule has 0 aromatic heterocycles. The molecule has 5 heteroatoms. The van der Waals surface area contributed by atoms with Gasteiger partial charge >= 0.3 is 0 Å².